The van der Waals surface area contributed by atoms with Crippen LogP contribution in [0.5, 0.6) is 11.6 Å². The van der Waals surface area contributed by atoms with Gasteiger partial charge in [-0.1, -0.05) is 41.9 Å². The van der Waals surface area contributed by atoms with Crippen LogP contribution in [0.1, 0.15) is 38.2 Å². The number of nitrogens with zero attached hydrogens (tertiary/aromatic N) is 5. The molecule has 202 valence electrons. The Kier molecular flexibility index (Phi) is 6.41. The second-order valence-electron chi connectivity index (χ2n) is 11.2. The van der Waals surface area contributed by atoms with Crippen LogP contribution in [0.25, 0.3) is 22.6 Å². The minimum Gasteiger partial charge on any atom is -0.492 e. The fourth-order valence-corrected chi connectivity index (χ4v) is 6.00. The van der Waals surface area contributed by atoms with Gasteiger partial charge in [0.1, 0.15) is 30.1 Å². The molecule has 1 saturated carbocycles. The van der Waals surface area contributed by atoms with Gasteiger partial charge in [0.2, 0.25) is 5.88 Å². The maximum Gasteiger partial charge on any atom is 0.245 e. The molecule has 2 bridgehead atoms. The molecule has 39 heavy (non-hydrogen) atoms. The van der Waals surface area contributed by atoms with Crippen LogP contribution in [0.4, 0.5) is 0 Å². The fourth-order valence-electron chi connectivity index (χ4n) is 5.75. The summed E-state index contributed by atoms with van der Waals surface area (Å²) < 4.78 is 14.5. The Balaban J connectivity index is 1.17. The number of rotatable bonds is 9. The number of nitrogens with one attached hydrogen (secondary N) is 1. The highest BCUT2D eigenvalue weighted by molar-refractivity contribution is 6.33. The van der Waals surface area contributed by atoms with Crippen LogP contribution in [-0.2, 0) is 6.54 Å². The monoisotopic (exact) mass is 544 g/mol. The molecule has 0 radical (unpaired) electrons. The van der Waals surface area contributed by atoms with E-state index < -0.39 is 0 Å². The summed E-state index contributed by atoms with van der Waals surface area (Å²) >= 11 is 6.88. The van der Waals surface area contributed by atoms with E-state index in [0.717, 1.165) is 60.8 Å². The molecule has 8 rings (SSSR count). The molecule has 1 N–H and O–H groups in total. The lowest BCUT2D eigenvalue weighted by molar-refractivity contribution is 0.0626. The first-order valence-electron chi connectivity index (χ1n) is 13.9. The minimum atomic E-state index is -0.175. The SMILES string of the molecule is CC1(Oc2ncnc3c2nc(-c2ccc(OCCN4C[C@@H]5CC[C@H]4CN5)cc2Cl)n3Cc2ccccc2)CC1. The highest BCUT2D eigenvalue weighted by Crippen LogP contribution is 2.41. The zero-order valence-corrected chi connectivity index (χ0v) is 22.9. The first kappa shape index (κ1) is 24.8. The van der Waals surface area contributed by atoms with Crippen molar-refractivity contribution in [1.82, 2.24) is 29.7 Å². The van der Waals surface area contributed by atoms with Crippen LogP contribution >= 0.6 is 11.6 Å². The molecule has 1 aliphatic carbocycles. The molecule has 2 atom stereocenters. The van der Waals surface area contributed by atoms with E-state index in [1.807, 2.05) is 36.4 Å². The van der Waals surface area contributed by atoms with Gasteiger partial charge >= 0.3 is 0 Å². The second kappa shape index (κ2) is 10.1. The van der Waals surface area contributed by atoms with Crippen molar-refractivity contribution >= 4 is 22.8 Å². The number of hydrogen-bond donors (Lipinski definition) is 1. The van der Waals surface area contributed by atoms with Gasteiger partial charge in [0.15, 0.2) is 11.2 Å². The Bertz CT molecular complexity index is 1480. The number of hydrogen-bond acceptors (Lipinski definition) is 7. The van der Waals surface area contributed by atoms with Gasteiger partial charge in [0.05, 0.1) is 11.6 Å². The van der Waals surface area contributed by atoms with E-state index in [9.17, 15) is 0 Å². The number of aromatic nitrogens is 4. The van der Waals surface area contributed by atoms with Crippen molar-refractivity contribution in [3.63, 3.8) is 0 Å². The van der Waals surface area contributed by atoms with Crippen molar-refractivity contribution in [2.24, 2.45) is 0 Å². The Morgan fingerprint density at radius 2 is 1.97 bits per heavy atom. The summed E-state index contributed by atoms with van der Waals surface area (Å²) in [5, 5.41) is 4.19. The molecule has 4 aromatic rings. The van der Waals surface area contributed by atoms with Crippen molar-refractivity contribution < 1.29 is 9.47 Å². The summed E-state index contributed by atoms with van der Waals surface area (Å²) in [6, 6.07) is 17.4. The van der Waals surface area contributed by atoms with Gasteiger partial charge in [-0.3, -0.25) is 4.90 Å². The van der Waals surface area contributed by atoms with Crippen LogP contribution in [0.15, 0.2) is 54.9 Å². The Hall–Kier alpha value is -3.20. The number of benzene rings is 2. The molecule has 0 unspecified atom stereocenters. The predicted octanol–water partition coefficient (Wildman–Crippen LogP) is 4.94. The Labute approximate surface area is 233 Å². The Morgan fingerprint density at radius 3 is 2.69 bits per heavy atom. The summed E-state index contributed by atoms with van der Waals surface area (Å²) in [5.41, 5.74) is 3.17. The Morgan fingerprint density at radius 1 is 1.10 bits per heavy atom. The average molecular weight is 545 g/mol. The van der Waals surface area contributed by atoms with Crippen molar-refractivity contribution in [3.8, 4) is 23.0 Å². The summed E-state index contributed by atoms with van der Waals surface area (Å²) in [5.74, 6) is 2.01. The molecular weight excluding hydrogens is 512 g/mol. The third kappa shape index (κ3) is 5.09. The van der Waals surface area contributed by atoms with Gasteiger partial charge in [-0.05, 0) is 56.4 Å². The molecule has 8 nitrogen and oxygen atoms in total. The molecular formula is C30H33ClN6O2. The van der Waals surface area contributed by atoms with Crippen LogP contribution in [-0.4, -0.2) is 68.3 Å². The number of piperidine rings is 2. The van der Waals surface area contributed by atoms with E-state index in [2.05, 4.69) is 43.8 Å². The van der Waals surface area contributed by atoms with E-state index in [-0.39, 0.29) is 5.60 Å². The molecule has 0 spiro atoms. The second-order valence-corrected chi connectivity index (χ2v) is 11.6. The number of piperazine rings is 1. The number of fused-ring (bicyclic) bond motifs is 4. The van der Waals surface area contributed by atoms with Crippen LogP contribution < -0.4 is 14.8 Å². The smallest absolute Gasteiger partial charge is 0.245 e. The highest BCUT2D eigenvalue weighted by Gasteiger charge is 2.41. The van der Waals surface area contributed by atoms with Crippen molar-refractivity contribution in [3.05, 3.63) is 65.4 Å². The number of ether oxygens (including phenoxy) is 2. The normalized spacial score (nSPS) is 21.8. The molecule has 3 aliphatic heterocycles. The molecule has 5 heterocycles. The van der Waals surface area contributed by atoms with E-state index in [1.54, 1.807) is 6.33 Å². The highest BCUT2D eigenvalue weighted by atomic mass is 35.5. The zero-order chi connectivity index (χ0) is 26.4. The van der Waals surface area contributed by atoms with Gasteiger partial charge < -0.3 is 19.4 Å². The molecule has 2 aromatic carbocycles. The van der Waals surface area contributed by atoms with Gasteiger partial charge in [-0.15, -0.1) is 0 Å². The molecule has 4 fully saturated rings. The van der Waals surface area contributed by atoms with E-state index >= 15 is 0 Å². The third-order valence-electron chi connectivity index (χ3n) is 8.27. The van der Waals surface area contributed by atoms with E-state index in [4.69, 9.17) is 26.1 Å². The molecule has 2 aromatic heterocycles. The molecule has 0 amide bonds. The maximum absolute atomic E-state index is 6.88. The average Bonchev–Trinajstić information content (AvgIpc) is 3.58. The predicted molar refractivity (Wildman–Crippen MR) is 151 cm³/mol. The topological polar surface area (TPSA) is 77.3 Å². The van der Waals surface area contributed by atoms with Gasteiger partial charge in [-0.25, -0.2) is 9.97 Å². The van der Waals surface area contributed by atoms with Gasteiger partial charge in [-0.2, -0.15) is 4.98 Å². The largest absolute Gasteiger partial charge is 0.492 e. The minimum absolute atomic E-state index is 0.175. The van der Waals surface area contributed by atoms with Crippen LogP contribution in [0, 0.1) is 0 Å². The summed E-state index contributed by atoms with van der Waals surface area (Å²) in [6.45, 7) is 6.47. The van der Waals surface area contributed by atoms with Crippen LogP contribution in [0.3, 0.4) is 0 Å². The van der Waals surface area contributed by atoms with Gasteiger partial charge in [0.25, 0.3) is 0 Å². The quantitative estimate of drug-likeness (QED) is 0.320. The molecule has 4 aliphatic rings. The standard InChI is InChI=1S/C30H33ClN6O2/c1-30(11-12-30)39-29-26-28(33-19-34-29)37(17-20-5-3-2-4-6-20)27(35-26)24-10-9-23(15-25(24)31)38-14-13-36-18-21-7-8-22(36)16-32-21/h2-6,9-10,15,19,21-22,32H,7-8,11-14,16-18H2,1H3/t21-,22-/m0/s1. The summed E-state index contributed by atoms with van der Waals surface area (Å²) in [6.07, 6.45) is 6.14. The first-order chi connectivity index (χ1) is 19.0. The zero-order valence-electron chi connectivity index (χ0n) is 22.1. The number of imidazole rings is 1. The lowest BCUT2D eigenvalue weighted by Crippen LogP contribution is -2.61. The third-order valence-corrected chi connectivity index (χ3v) is 8.58. The first-order valence-corrected chi connectivity index (χ1v) is 14.3. The van der Waals surface area contributed by atoms with Crippen molar-refractivity contribution in [1.29, 1.82) is 0 Å². The number of halogens is 1. The van der Waals surface area contributed by atoms with E-state index in [0.29, 0.717) is 41.7 Å². The molecule has 3 saturated heterocycles. The molecule has 9 heteroatoms. The summed E-state index contributed by atoms with van der Waals surface area (Å²) in [7, 11) is 0. The van der Waals surface area contributed by atoms with Crippen molar-refractivity contribution in [2.75, 3.05) is 26.2 Å². The lowest BCUT2D eigenvalue weighted by atomic mass is 9.93. The van der Waals surface area contributed by atoms with Crippen LogP contribution in [0.2, 0.25) is 5.02 Å². The summed E-state index contributed by atoms with van der Waals surface area (Å²) in [4.78, 5) is 16.6. The lowest BCUT2D eigenvalue weighted by Gasteiger charge is -2.45. The fraction of sp³-hybridized carbons (Fsp3) is 0.433. The van der Waals surface area contributed by atoms with E-state index in [1.165, 1.54) is 12.8 Å². The maximum atomic E-state index is 6.88. The van der Waals surface area contributed by atoms with Gasteiger partial charge in [0, 0.05) is 37.3 Å². The van der Waals surface area contributed by atoms with Crippen molar-refractivity contribution in [2.45, 2.75) is 56.8 Å².